The Labute approximate surface area is 463 Å². The number of nitrogens with zero attached hydrogens (tertiary/aromatic N) is 6. The molecule has 0 aliphatic carbocycles. The standard InChI is InChI=1S/C56H95FN6O14S/c1-15-45-56(10,69)49(65)37(6)61(12)31-33(2)28-54(8,68)51(35(4)46(36(5)52(67)76-45)44-29-55(9,73-14)50(66)38(7)75-44)77-53-47(64)42(27-34(3)74-53)60(11)23-21-40-32-63(59-58-40)43(30-57)48(72-13)39-17-19-41(20-18-39)62-22-16-25-78(70,71)26-24-62/h17-20,32-38,42-51,53,64-66,68-69H,15-16,21-31H2,1-14H3/t33-,34-,35+,36-,37-,38+,42+,43-,44?,45-,46+,47-,48-,49-,50+,51-,53+,54-,55-,56-/m1/s1. The number of methoxy groups -OCH3 is 2. The molecule has 2 aromatic rings. The summed E-state index contributed by atoms with van der Waals surface area (Å²) in [6, 6.07) is 5.62. The third kappa shape index (κ3) is 14.6. The quantitative estimate of drug-likeness (QED) is 0.159. The number of esters is 1. The average Bonchev–Trinajstić information content (AvgIpc) is 3.80. The second kappa shape index (κ2) is 26.5. The smallest absolute Gasteiger partial charge is 0.309 e. The maximum atomic E-state index is 15.0. The Kier molecular flexibility index (Phi) is 21.8. The summed E-state index contributed by atoms with van der Waals surface area (Å²) in [6.07, 6.45) is -5.95. The van der Waals surface area contributed by atoms with Gasteiger partial charge in [-0.05, 0) is 111 Å². The van der Waals surface area contributed by atoms with E-state index in [1.165, 1.54) is 25.8 Å². The summed E-state index contributed by atoms with van der Waals surface area (Å²) >= 11 is 0. The minimum absolute atomic E-state index is 0.0958. The van der Waals surface area contributed by atoms with Gasteiger partial charge in [0.1, 0.15) is 48.8 Å². The highest BCUT2D eigenvalue weighted by Crippen LogP contribution is 2.45. The van der Waals surface area contributed by atoms with Crippen molar-refractivity contribution < 1.29 is 71.6 Å². The van der Waals surface area contributed by atoms with Crippen molar-refractivity contribution in [2.75, 3.05) is 77.6 Å². The number of halogens is 1. The lowest BCUT2D eigenvalue weighted by Gasteiger charge is -2.51. The van der Waals surface area contributed by atoms with Crippen LogP contribution in [0.15, 0.2) is 30.5 Å². The van der Waals surface area contributed by atoms with Gasteiger partial charge in [0.15, 0.2) is 16.1 Å². The monoisotopic (exact) mass is 1130 g/mol. The lowest BCUT2D eigenvalue weighted by atomic mass is 9.68. The number of likely N-dealkylation sites (N-methyl/N-ethyl adjacent to an activating group) is 2. The molecular weight excluding hydrogens is 1030 g/mol. The molecule has 20 atom stereocenters. The minimum atomic E-state index is -3.07. The van der Waals surface area contributed by atoms with Crippen LogP contribution in [0.4, 0.5) is 10.1 Å². The van der Waals surface area contributed by atoms with Crippen LogP contribution in [-0.4, -0.2) is 221 Å². The number of hydrogen-bond donors (Lipinski definition) is 5. The summed E-state index contributed by atoms with van der Waals surface area (Å²) in [4.78, 5) is 20.6. The number of hydrogen-bond acceptors (Lipinski definition) is 19. The predicted molar refractivity (Wildman–Crippen MR) is 292 cm³/mol. The first-order valence-electron chi connectivity index (χ1n) is 28.2. The van der Waals surface area contributed by atoms with E-state index in [1.807, 2.05) is 73.8 Å². The van der Waals surface area contributed by atoms with Gasteiger partial charge in [-0.15, -0.1) is 5.10 Å². The molecule has 5 N–H and O–H groups in total. The van der Waals surface area contributed by atoms with Gasteiger partial charge in [-0.1, -0.05) is 45.0 Å². The van der Waals surface area contributed by atoms with Crippen LogP contribution in [0.25, 0.3) is 0 Å². The molecule has 1 aromatic carbocycles. The van der Waals surface area contributed by atoms with Gasteiger partial charge in [-0.2, -0.15) is 0 Å². The van der Waals surface area contributed by atoms with Crippen LogP contribution >= 0.6 is 0 Å². The summed E-state index contributed by atoms with van der Waals surface area (Å²) in [5, 5.41) is 69.1. The first-order valence-corrected chi connectivity index (χ1v) is 30.0. The van der Waals surface area contributed by atoms with Crippen molar-refractivity contribution in [3.63, 3.8) is 0 Å². The van der Waals surface area contributed by atoms with Crippen LogP contribution in [0, 0.1) is 23.7 Å². The molecule has 0 spiro atoms. The zero-order valence-corrected chi connectivity index (χ0v) is 49.6. The van der Waals surface area contributed by atoms with Crippen molar-refractivity contribution >= 4 is 21.5 Å². The molecule has 0 amide bonds. The van der Waals surface area contributed by atoms with Gasteiger partial charge in [0.05, 0.1) is 58.7 Å². The molecule has 0 saturated carbocycles. The van der Waals surface area contributed by atoms with Crippen molar-refractivity contribution in [3.8, 4) is 0 Å². The fraction of sp³-hybridized carbons (Fsp3) is 0.839. The maximum Gasteiger partial charge on any atom is 0.309 e. The lowest BCUT2D eigenvalue weighted by molar-refractivity contribution is -0.302. The van der Waals surface area contributed by atoms with Gasteiger partial charge < -0.3 is 68.7 Å². The number of aliphatic hydroxyl groups is 5. The normalized spacial score (nSPS) is 39.9. The minimum Gasteiger partial charge on any atom is -0.459 e. The summed E-state index contributed by atoms with van der Waals surface area (Å²) in [7, 11) is 3.68. The van der Waals surface area contributed by atoms with E-state index in [0.717, 1.165) is 11.3 Å². The molecule has 4 fully saturated rings. The molecule has 22 heteroatoms. The van der Waals surface area contributed by atoms with E-state index >= 15 is 4.39 Å². The number of ether oxygens (including phenoxy) is 6. The molecule has 446 valence electrons. The van der Waals surface area contributed by atoms with Gasteiger partial charge in [0, 0.05) is 83.1 Å². The van der Waals surface area contributed by atoms with Crippen molar-refractivity contribution in [3.05, 3.63) is 41.7 Å². The molecule has 0 bridgehead atoms. The number of cyclic esters (lactones) is 1. The molecule has 4 aliphatic rings. The highest BCUT2D eigenvalue weighted by molar-refractivity contribution is 7.91. The predicted octanol–water partition coefficient (Wildman–Crippen LogP) is 3.90. The van der Waals surface area contributed by atoms with E-state index < -0.39 is 136 Å². The molecule has 5 heterocycles. The van der Waals surface area contributed by atoms with E-state index in [0.29, 0.717) is 51.1 Å². The first kappa shape index (κ1) is 64.2. The molecule has 20 nitrogen and oxygen atoms in total. The Morgan fingerprint density at radius 3 is 2.27 bits per heavy atom. The maximum absolute atomic E-state index is 15.0. The number of aliphatic hydroxyl groups excluding tert-OH is 3. The molecule has 1 unspecified atom stereocenters. The van der Waals surface area contributed by atoms with Gasteiger partial charge in [0.25, 0.3) is 0 Å². The summed E-state index contributed by atoms with van der Waals surface area (Å²) < 4.78 is 79.0. The number of sulfone groups is 1. The van der Waals surface area contributed by atoms with E-state index in [2.05, 4.69) is 10.3 Å². The Bertz CT molecular complexity index is 2330. The fourth-order valence-electron chi connectivity index (χ4n) is 13.1. The van der Waals surface area contributed by atoms with E-state index in [4.69, 9.17) is 28.4 Å². The van der Waals surface area contributed by atoms with Crippen molar-refractivity contribution in [1.82, 2.24) is 24.8 Å². The Balaban J connectivity index is 1.24. The summed E-state index contributed by atoms with van der Waals surface area (Å²) in [6.45, 7) is 18.8. The zero-order valence-electron chi connectivity index (χ0n) is 48.8. The average molecular weight is 1130 g/mol. The van der Waals surface area contributed by atoms with Crippen molar-refractivity contribution in [2.45, 2.75) is 204 Å². The van der Waals surface area contributed by atoms with Crippen LogP contribution in [0.5, 0.6) is 0 Å². The van der Waals surface area contributed by atoms with Gasteiger partial charge in [0.2, 0.25) is 0 Å². The highest BCUT2D eigenvalue weighted by atomic mass is 32.2. The summed E-state index contributed by atoms with van der Waals surface area (Å²) in [5.41, 5.74) is -2.35. The second-order valence-corrected chi connectivity index (χ2v) is 26.5. The van der Waals surface area contributed by atoms with Gasteiger partial charge in [-0.25, -0.2) is 17.5 Å². The van der Waals surface area contributed by atoms with Crippen LogP contribution in [-0.2, 0) is 49.5 Å². The van der Waals surface area contributed by atoms with Crippen molar-refractivity contribution in [1.29, 1.82) is 0 Å². The SMILES string of the molecule is CC[C@H]1OC(=O)[C@H](C)[C@@H](C2C[C@@](C)(OC)[C@@H](O)[C@H](C)O2)[C@H](C)[C@@H](O[C@@H]2O[C@H](C)C[C@H](N(C)CCc3cn([C@H](CF)[C@H](OC)c4ccc(N5CCCS(=O)(=O)CC5)cc4)nn3)[C@H]2O)[C@](C)(O)C[C@@H](C)CN(C)[C@H](C)[C@@H](O)[C@]1(C)O. The molecule has 4 aliphatic heterocycles. The largest absolute Gasteiger partial charge is 0.459 e. The molecule has 78 heavy (non-hydrogen) atoms. The molecule has 6 rings (SSSR count). The van der Waals surface area contributed by atoms with E-state index in [9.17, 15) is 38.7 Å². The number of carbonyl (C=O) groups excluding carboxylic acids is 1. The molecule has 0 radical (unpaired) electrons. The number of anilines is 1. The van der Waals surface area contributed by atoms with Crippen LogP contribution in [0.3, 0.4) is 0 Å². The first-order chi connectivity index (χ1) is 36.5. The highest BCUT2D eigenvalue weighted by Gasteiger charge is 2.55. The molecule has 4 saturated heterocycles. The van der Waals surface area contributed by atoms with Gasteiger partial charge in [-0.3, -0.25) is 4.79 Å². The number of alkyl halides is 1. The number of rotatable bonds is 15. The van der Waals surface area contributed by atoms with Crippen LogP contribution < -0.4 is 4.90 Å². The number of aromatic nitrogens is 3. The van der Waals surface area contributed by atoms with Crippen LogP contribution in [0.2, 0.25) is 0 Å². The molecular formula is C56H95FN6O14S. The third-order valence-electron chi connectivity index (χ3n) is 18.0. The Morgan fingerprint density at radius 2 is 1.64 bits per heavy atom. The number of benzene rings is 1. The van der Waals surface area contributed by atoms with Crippen molar-refractivity contribution in [2.24, 2.45) is 23.7 Å². The van der Waals surface area contributed by atoms with E-state index in [-0.39, 0.29) is 36.7 Å². The topological polar surface area (TPSA) is 248 Å². The zero-order chi connectivity index (χ0) is 57.8. The third-order valence-corrected chi connectivity index (χ3v) is 19.7. The summed E-state index contributed by atoms with van der Waals surface area (Å²) in [5.74, 6) is -3.05. The lowest BCUT2D eigenvalue weighted by Crippen LogP contribution is -2.62. The second-order valence-electron chi connectivity index (χ2n) is 24.2. The number of carbonyl (C=O) groups is 1. The Morgan fingerprint density at radius 1 is 0.962 bits per heavy atom. The fourth-order valence-corrected chi connectivity index (χ4v) is 14.4. The Hall–Kier alpha value is -2.97. The van der Waals surface area contributed by atoms with Crippen LogP contribution in [0.1, 0.15) is 125 Å². The van der Waals surface area contributed by atoms with E-state index in [1.54, 1.807) is 47.7 Å². The molecule has 1 aromatic heterocycles. The van der Waals surface area contributed by atoms with Gasteiger partial charge >= 0.3 is 5.97 Å².